The molecule has 4 aromatic rings. The Kier molecular flexibility index (Phi) is 7.76. The number of benzene rings is 3. The normalized spacial score (nSPS) is 19.1. The summed E-state index contributed by atoms with van der Waals surface area (Å²) in [4.78, 5) is 67.8. The minimum absolute atomic E-state index is 0.230. The van der Waals surface area contributed by atoms with E-state index in [0.717, 1.165) is 39.1 Å². The average Bonchev–Trinajstić information content (AvgIpc) is 3.45. The second kappa shape index (κ2) is 11.7. The Hall–Kier alpha value is -4.48. The topological polar surface area (TPSA) is 115 Å². The summed E-state index contributed by atoms with van der Waals surface area (Å²) in [7, 11) is 0. The Morgan fingerprint density at radius 1 is 0.907 bits per heavy atom. The van der Waals surface area contributed by atoms with E-state index in [1.807, 2.05) is 49.4 Å². The van der Waals surface area contributed by atoms with Gasteiger partial charge in [0.15, 0.2) is 0 Å². The number of fused-ring (bicyclic) bond motifs is 2. The van der Waals surface area contributed by atoms with Crippen molar-refractivity contribution in [1.29, 1.82) is 0 Å². The van der Waals surface area contributed by atoms with Gasteiger partial charge in [-0.3, -0.25) is 23.7 Å². The number of aromatic nitrogens is 1. The highest BCUT2D eigenvalue weighted by Gasteiger charge is 2.56. The maximum atomic E-state index is 14.0. The van der Waals surface area contributed by atoms with E-state index >= 15 is 0 Å². The van der Waals surface area contributed by atoms with Gasteiger partial charge in [-0.15, -0.1) is 0 Å². The van der Waals surface area contributed by atoms with Crippen molar-refractivity contribution < 1.29 is 23.9 Å². The van der Waals surface area contributed by atoms with Gasteiger partial charge in [0.1, 0.15) is 11.8 Å². The largest absolute Gasteiger partial charge is 0.462 e. The Labute approximate surface area is 255 Å². The van der Waals surface area contributed by atoms with Crippen LogP contribution in [0.2, 0.25) is 0 Å². The van der Waals surface area contributed by atoms with E-state index in [4.69, 9.17) is 4.74 Å². The molecule has 0 radical (unpaired) electrons. The summed E-state index contributed by atoms with van der Waals surface area (Å²) in [6.07, 6.45) is 0. The zero-order valence-electron chi connectivity index (χ0n) is 23.3. The average molecular weight is 614 g/mol. The number of hydrogen-bond donors (Lipinski definition) is 1. The number of thiazole rings is 1. The van der Waals surface area contributed by atoms with E-state index in [1.165, 1.54) is 16.7 Å². The fourth-order valence-electron chi connectivity index (χ4n) is 5.47. The van der Waals surface area contributed by atoms with Crippen molar-refractivity contribution in [3.05, 3.63) is 110 Å². The lowest BCUT2D eigenvalue weighted by molar-refractivity contribution is -0.122. The van der Waals surface area contributed by atoms with Crippen molar-refractivity contribution in [3.63, 3.8) is 0 Å². The summed E-state index contributed by atoms with van der Waals surface area (Å²) >= 11 is 2.16. The maximum Gasteiger partial charge on any atom is 0.338 e. The lowest BCUT2D eigenvalue weighted by Crippen LogP contribution is -2.33. The first-order chi connectivity index (χ1) is 20.8. The van der Waals surface area contributed by atoms with Crippen LogP contribution in [0.25, 0.3) is 0 Å². The number of imide groups is 1. The van der Waals surface area contributed by atoms with Crippen LogP contribution < -0.4 is 15.1 Å². The summed E-state index contributed by atoms with van der Waals surface area (Å²) in [5, 5.41) is 2.54. The number of anilines is 2. The molecule has 1 saturated heterocycles. The fraction of sp³-hybridized carbons (Fsp3) is 0.219. The Bertz CT molecular complexity index is 1780. The number of esters is 1. The molecule has 0 saturated carbocycles. The van der Waals surface area contributed by atoms with Gasteiger partial charge in [-0.05, 0) is 55.8 Å². The highest BCUT2D eigenvalue weighted by molar-refractivity contribution is 8.00. The Morgan fingerprint density at radius 3 is 2.28 bits per heavy atom. The molecule has 1 N–H and O–H groups in total. The van der Waals surface area contributed by atoms with Crippen molar-refractivity contribution in [2.45, 2.75) is 36.6 Å². The number of amides is 3. The van der Waals surface area contributed by atoms with Crippen LogP contribution in [-0.2, 0) is 25.7 Å². The van der Waals surface area contributed by atoms with Crippen LogP contribution in [0.5, 0.6) is 0 Å². The Balaban J connectivity index is 1.35. The molecule has 6 rings (SSSR count). The fourth-order valence-corrected chi connectivity index (χ4v) is 8.24. The molecule has 2 aliphatic heterocycles. The van der Waals surface area contributed by atoms with E-state index in [1.54, 1.807) is 31.2 Å². The summed E-state index contributed by atoms with van der Waals surface area (Å²) in [6.45, 7) is 3.66. The smallest absolute Gasteiger partial charge is 0.338 e. The molecule has 0 aliphatic carbocycles. The van der Waals surface area contributed by atoms with Crippen molar-refractivity contribution in [2.75, 3.05) is 16.8 Å². The van der Waals surface area contributed by atoms with Gasteiger partial charge in [0.05, 0.1) is 28.8 Å². The van der Waals surface area contributed by atoms with Gasteiger partial charge in [-0.1, -0.05) is 71.1 Å². The van der Waals surface area contributed by atoms with Gasteiger partial charge in [0.25, 0.3) is 0 Å². The van der Waals surface area contributed by atoms with Crippen LogP contribution in [-0.4, -0.2) is 40.1 Å². The Morgan fingerprint density at radius 2 is 1.60 bits per heavy atom. The van der Waals surface area contributed by atoms with E-state index in [2.05, 4.69) is 5.32 Å². The second-order valence-electron chi connectivity index (χ2n) is 10.3. The number of ether oxygens (including phenoxy) is 1. The van der Waals surface area contributed by atoms with Crippen molar-refractivity contribution in [1.82, 2.24) is 4.57 Å². The molecule has 0 unspecified atom stereocenters. The van der Waals surface area contributed by atoms with Gasteiger partial charge >= 0.3 is 10.8 Å². The molecular weight excluding hydrogens is 587 g/mol. The van der Waals surface area contributed by atoms with Crippen molar-refractivity contribution >= 4 is 58.2 Å². The third-order valence-electron chi connectivity index (χ3n) is 7.48. The summed E-state index contributed by atoms with van der Waals surface area (Å²) < 4.78 is 6.44. The number of carbonyl (C=O) groups excluding carboxylic acids is 4. The molecule has 43 heavy (non-hydrogen) atoms. The highest BCUT2D eigenvalue weighted by Crippen LogP contribution is 2.53. The molecule has 218 valence electrons. The number of thioether (sulfide) groups is 1. The van der Waals surface area contributed by atoms with E-state index < -0.39 is 29.0 Å². The summed E-state index contributed by atoms with van der Waals surface area (Å²) in [5.74, 6) is -2.97. The molecule has 3 aromatic carbocycles. The van der Waals surface area contributed by atoms with Crippen LogP contribution >= 0.6 is 23.1 Å². The summed E-state index contributed by atoms with van der Waals surface area (Å²) in [6, 6.07) is 22.9. The second-order valence-corrected chi connectivity index (χ2v) is 12.4. The first kappa shape index (κ1) is 28.6. The molecule has 0 spiro atoms. The molecular formula is C32H27N3O6S2. The quantitative estimate of drug-likeness (QED) is 0.235. The minimum atomic E-state index is -0.810. The van der Waals surface area contributed by atoms with Crippen LogP contribution in [0.4, 0.5) is 11.4 Å². The first-order valence-electron chi connectivity index (χ1n) is 13.7. The molecule has 11 heteroatoms. The number of rotatable bonds is 7. The van der Waals surface area contributed by atoms with Crippen LogP contribution in [0.15, 0.2) is 88.7 Å². The van der Waals surface area contributed by atoms with Gasteiger partial charge in [-0.2, -0.15) is 0 Å². The lowest BCUT2D eigenvalue weighted by Gasteiger charge is -2.30. The third kappa shape index (κ3) is 5.30. The maximum absolute atomic E-state index is 14.0. The lowest BCUT2D eigenvalue weighted by atomic mass is 9.83. The minimum Gasteiger partial charge on any atom is -0.462 e. The van der Waals surface area contributed by atoms with Gasteiger partial charge < -0.3 is 10.1 Å². The monoisotopic (exact) mass is 613 g/mol. The van der Waals surface area contributed by atoms with Crippen molar-refractivity contribution in [3.8, 4) is 0 Å². The zero-order chi connectivity index (χ0) is 30.2. The molecule has 1 aromatic heterocycles. The predicted octanol–water partition coefficient (Wildman–Crippen LogP) is 4.83. The predicted molar refractivity (Wildman–Crippen MR) is 165 cm³/mol. The highest BCUT2D eigenvalue weighted by atomic mass is 32.2. The van der Waals surface area contributed by atoms with E-state index in [9.17, 15) is 24.0 Å². The van der Waals surface area contributed by atoms with Gasteiger partial charge in [0, 0.05) is 16.5 Å². The number of aryl methyl sites for hydroxylation is 1. The van der Waals surface area contributed by atoms with Gasteiger partial charge in [-0.25, -0.2) is 9.69 Å². The number of hydrogen-bond acceptors (Lipinski definition) is 8. The van der Waals surface area contributed by atoms with Gasteiger partial charge in [0.2, 0.25) is 17.7 Å². The SMILES string of the molecule is CCOC(=O)c1ccc(N2C(=O)[C@@H]3[C@H](c4ccccc4)c4sc(=O)n(CC(=O)Nc5ccc(C)cc5)c4S[C@@H]3C2=O)cc1. The molecule has 1 fully saturated rings. The number of nitrogens with one attached hydrogen (secondary N) is 1. The van der Waals surface area contributed by atoms with Crippen LogP contribution in [0, 0.1) is 12.8 Å². The van der Waals surface area contributed by atoms with E-state index in [0.29, 0.717) is 26.8 Å². The molecule has 3 atom stereocenters. The van der Waals surface area contributed by atoms with Crippen molar-refractivity contribution in [2.24, 2.45) is 5.92 Å². The third-order valence-corrected chi connectivity index (χ3v) is 10.1. The molecule has 3 amide bonds. The van der Waals surface area contributed by atoms with Crippen LogP contribution in [0.1, 0.15) is 39.2 Å². The molecule has 0 bridgehead atoms. The standard InChI is InChI=1S/C32H27N3O6S2/c1-3-41-31(39)20-11-15-22(16-12-20)35-28(37)25-24(19-7-5-4-6-8-19)27-30(42-26(25)29(35)38)34(32(40)43-27)17-23(36)33-21-13-9-18(2)10-14-21/h4-16,24-26H,3,17H2,1-2H3,(H,33,36)/t24-,25+,26-/m0/s1. The number of carbonyl (C=O) groups is 4. The zero-order valence-corrected chi connectivity index (χ0v) is 24.9. The molecule has 9 nitrogen and oxygen atoms in total. The summed E-state index contributed by atoms with van der Waals surface area (Å²) in [5.41, 5.74) is 3.14. The van der Waals surface area contributed by atoms with E-state index in [-0.39, 0.29) is 29.8 Å². The molecule has 2 aliphatic rings. The number of nitrogens with zero attached hydrogens (tertiary/aromatic N) is 2. The molecule has 3 heterocycles. The van der Waals surface area contributed by atoms with Crippen LogP contribution in [0.3, 0.4) is 0 Å². The first-order valence-corrected chi connectivity index (χ1v) is 15.4.